The smallest absolute Gasteiger partial charge is 0.130 e. The molecule has 2 nitrogen and oxygen atoms in total. The summed E-state index contributed by atoms with van der Waals surface area (Å²) in [6.07, 6.45) is 1.10. The van der Waals surface area contributed by atoms with Gasteiger partial charge in [-0.1, -0.05) is 36.4 Å². The quantitative estimate of drug-likeness (QED) is 0.763. The molecule has 1 atom stereocenters. The highest BCUT2D eigenvalue weighted by Crippen LogP contribution is 2.35. The second kappa shape index (κ2) is 3.24. The van der Waals surface area contributed by atoms with Gasteiger partial charge in [-0.25, -0.2) is 0 Å². The normalized spacial score (nSPS) is 18.9. The summed E-state index contributed by atoms with van der Waals surface area (Å²) >= 11 is 0. The van der Waals surface area contributed by atoms with Crippen LogP contribution >= 0.6 is 0 Å². The molecule has 2 N–H and O–H groups in total. The molecule has 0 saturated heterocycles. The molecule has 76 valence electrons. The average molecular weight is 199 g/mol. The molecule has 0 fully saturated rings. The molecular formula is C13H13NO. The van der Waals surface area contributed by atoms with E-state index >= 15 is 0 Å². The van der Waals surface area contributed by atoms with Crippen LogP contribution in [0.25, 0.3) is 10.8 Å². The van der Waals surface area contributed by atoms with Crippen molar-refractivity contribution in [3.8, 4) is 5.75 Å². The monoisotopic (exact) mass is 199 g/mol. The lowest BCUT2D eigenvalue weighted by atomic mass is 10.0. The first-order valence-corrected chi connectivity index (χ1v) is 5.26. The van der Waals surface area contributed by atoms with Crippen LogP contribution in [-0.2, 0) is 6.42 Å². The fraction of sp³-hybridized carbons (Fsp3) is 0.231. The third kappa shape index (κ3) is 1.29. The van der Waals surface area contributed by atoms with Crippen molar-refractivity contribution < 1.29 is 4.74 Å². The summed E-state index contributed by atoms with van der Waals surface area (Å²) in [4.78, 5) is 0. The SMILES string of the molecule is NC[C@H]1Cc2ccc3ccccc3c2O1. The molecule has 0 unspecified atom stereocenters. The van der Waals surface area contributed by atoms with Gasteiger partial charge in [0.1, 0.15) is 11.9 Å². The van der Waals surface area contributed by atoms with Crippen LogP contribution in [0.15, 0.2) is 36.4 Å². The number of benzene rings is 2. The van der Waals surface area contributed by atoms with E-state index in [0.717, 1.165) is 12.2 Å². The molecular weight excluding hydrogens is 186 g/mol. The highest BCUT2D eigenvalue weighted by molar-refractivity contribution is 5.90. The van der Waals surface area contributed by atoms with Crippen LogP contribution in [0.1, 0.15) is 5.56 Å². The number of hydrogen-bond acceptors (Lipinski definition) is 2. The van der Waals surface area contributed by atoms with Crippen LogP contribution in [0.3, 0.4) is 0 Å². The number of fused-ring (bicyclic) bond motifs is 3. The zero-order valence-corrected chi connectivity index (χ0v) is 8.44. The first-order valence-electron chi connectivity index (χ1n) is 5.26. The van der Waals surface area contributed by atoms with Gasteiger partial charge >= 0.3 is 0 Å². The second-order valence-electron chi connectivity index (χ2n) is 3.95. The van der Waals surface area contributed by atoms with E-state index in [0.29, 0.717) is 6.54 Å². The van der Waals surface area contributed by atoms with Gasteiger partial charge in [-0.05, 0) is 10.9 Å². The minimum Gasteiger partial charge on any atom is -0.488 e. The molecule has 1 aliphatic rings. The second-order valence-corrected chi connectivity index (χ2v) is 3.95. The van der Waals surface area contributed by atoms with E-state index in [1.807, 2.05) is 12.1 Å². The van der Waals surface area contributed by atoms with Gasteiger partial charge in [-0.2, -0.15) is 0 Å². The summed E-state index contributed by atoms with van der Waals surface area (Å²) < 4.78 is 5.84. The largest absolute Gasteiger partial charge is 0.488 e. The van der Waals surface area contributed by atoms with Crippen molar-refractivity contribution in [2.24, 2.45) is 5.73 Å². The first kappa shape index (κ1) is 8.74. The number of ether oxygens (including phenoxy) is 1. The van der Waals surface area contributed by atoms with Gasteiger partial charge in [0, 0.05) is 18.4 Å². The third-order valence-corrected chi connectivity index (χ3v) is 2.96. The topological polar surface area (TPSA) is 35.2 Å². The van der Waals surface area contributed by atoms with Crippen molar-refractivity contribution in [2.75, 3.05) is 6.54 Å². The maximum Gasteiger partial charge on any atom is 0.130 e. The van der Waals surface area contributed by atoms with Crippen LogP contribution in [-0.4, -0.2) is 12.6 Å². The fourth-order valence-corrected chi connectivity index (χ4v) is 2.17. The minimum absolute atomic E-state index is 0.158. The Morgan fingerprint density at radius 3 is 2.93 bits per heavy atom. The molecule has 0 spiro atoms. The lowest BCUT2D eigenvalue weighted by Gasteiger charge is -2.08. The van der Waals surface area contributed by atoms with Crippen LogP contribution in [0.5, 0.6) is 5.75 Å². The van der Waals surface area contributed by atoms with Crippen LogP contribution in [0.4, 0.5) is 0 Å². The molecule has 15 heavy (non-hydrogen) atoms. The van der Waals surface area contributed by atoms with E-state index in [-0.39, 0.29) is 6.10 Å². The summed E-state index contributed by atoms with van der Waals surface area (Å²) in [5, 5.41) is 2.43. The molecule has 0 radical (unpaired) electrons. The van der Waals surface area contributed by atoms with Crippen molar-refractivity contribution in [3.05, 3.63) is 42.0 Å². The van der Waals surface area contributed by atoms with Crippen LogP contribution < -0.4 is 10.5 Å². The maximum absolute atomic E-state index is 5.84. The van der Waals surface area contributed by atoms with E-state index in [1.54, 1.807) is 0 Å². The van der Waals surface area contributed by atoms with Crippen molar-refractivity contribution >= 4 is 10.8 Å². The number of hydrogen-bond donors (Lipinski definition) is 1. The molecule has 0 amide bonds. The Labute approximate surface area is 88.7 Å². The molecule has 2 aromatic carbocycles. The Bertz CT molecular complexity index is 507. The maximum atomic E-state index is 5.84. The predicted molar refractivity (Wildman–Crippen MR) is 61.1 cm³/mol. The molecule has 1 heterocycles. The van der Waals surface area contributed by atoms with Crippen LogP contribution in [0.2, 0.25) is 0 Å². The summed E-state index contributed by atoms with van der Waals surface area (Å²) in [5.41, 5.74) is 6.91. The summed E-state index contributed by atoms with van der Waals surface area (Å²) in [6.45, 7) is 0.586. The van der Waals surface area contributed by atoms with Crippen molar-refractivity contribution in [1.82, 2.24) is 0 Å². The van der Waals surface area contributed by atoms with Gasteiger partial charge in [0.2, 0.25) is 0 Å². The van der Waals surface area contributed by atoms with Crippen molar-refractivity contribution in [1.29, 1.82) is 0 Å². The van der Waals surface area contributed by atoms with E-state index in [1.165, 1.54) is 16.3 Å². The summed E-state index contributed by atoms with van der Waals surface area (Å²) in [5.74, 6) is 1.03. The zero-order chi connectivity index (χ0) is 10.3. The Kier molecular flexibility index (Phi) is 1.89. The first-order chi connectivity index (χ1) is 7.38. The number of nitrogens with two attached hydrogens (primary N) is 1. The molecule has 0 aromatic heterocycles. The molecule has 3 rings (SSSR count). The van der Waals surface area contributed by atoms with Gasteiger partial charge < -0.3 is 10.5 Å². The Morgan fingerprint density at radius 2 is 2.07 bits per heavy atom. The van der Waals surface area contributed by atoms with Crippen LogP contribution in [0, 0.1) is 0 Å². The third-order valence-electron chi connectivity index (χ3n) is 2.96. The van der Waals surface area contributed by atoms with E-state index in [4.69, 9.17) is 10.5 Å². The standard InChI is InChI=1S/C13H13NO/c14-8-11-7-10-6-5-9-3-1-2-4-12(9)13(10)15-11/h1-6,11H,7-8,14H2/t11-/m1/s1. The van der Waals surface area contributed by atoms with Gasteiger partial charge in [0.05, 0.1) is 0 Å². The molecule has 2 aromatic rings. The number of rotatable bonds is 1. The van der Waals surface area contributed by atoms with E-state index in [2.05, 4.69) is 24.3 Å². The van der Waals surface area contributed by atoms with E-state index in [9.17, 15) is 0 Å². The lowest BCUT2D eigenvalue weighted by Crippen LogP contribution is -2.24. The molecule has 2 heteroatoms. The Hall–Kier alpha value is -1.54. The highest BCUT2D eigenvalue weighted by atomic mass is 16.5. The molecule has 0 saturated carbocycles. The summed E-state index contributed by atoms with van der Waals surface area (Å²) in [7, 11) is 0. The van der Waals surface area contributed by atoms with Gasteiger partial charge in [0.15, 0.2) is 0 Å². The summed E-state index contributed by atoms with van der Waals surface area (Å²) in [6, 6.07) is 12.6. The molecule has 0 bridgehead atoms. The molecule has 0 aliphatic carbocycles. The van der Waals surface area contributed by atoms with Crippen molar-refractivity contribution in [2.45, 2.75) is 12.5 Å². The van der Waals surface area contributed by atoms with Gasteiger partial charge in [-0.3, -0.25) is 0 Å². The minimum atomic E-state index is 0.158. The average Bonchev–Trinajstić information content (AvgIpc) is 2.72. The Morgan fingerprint density at radius 1 is 1.20 bits per heavy atom. The highest BCUT2D eigenvalue weighted by Gasteiger charge is 2.22. The Balaban J connectivity index is 2.20. The van der Waals surface area contributed by atoms with E-state index < -0.39 is 0 Å². The van der Waals surface area contributed by atoms with Gasteiger partial charge in [0.25, 0.3) is 0 Å². The lowest BCUT2D eigenvalue weighted by molar-refractivity contribution is 0.244. The molecule has 1 aliphatic heterocycles. The predicted octanol–water partition coefficient (Wildman–Crippen LogP) is 2.10. The van der Waals surface area contributed by atoms with Gasteiger partial charge in [-0.15, -0.1) is 0 Å². The fourth-order valence-electron chi connectivity index (χ4n) is 2.17. The zero-order valence-electron chi connectivity index (χ0n) is 8.44. The van der Waals surface area contributed by atoms with Crippen molar-refractivity contribution in [3.63, 3.8) is 0 Å².